The van der Waals surface area contributed by atoms with Gasteiger partial charge < -0.3 is 5.32 Å². The molecule has 0 fully saturated rings. The van der Waals surface area contributed by atoms with E-state index in [2.05, 4.69) is 34.5 Å². The molecule has 0 bridgehead atoms. The van der Waals surface area contributed by atoms with Crippen molar-refractivity contribution in [3.63, 3.8) is 0 Å². The lowest BCUT2D eigenvalue weighted by Crippen LogP contribution is -2.28. The topological polar surface area (TPSA) is 59.8 Å². The van der Waals surface area contributed by atoms with Gasteiger partial charge in [0.1, 0.15) is 12.7 Å². The standard InChI is InChI=1S/C19H20N4O/c1-2-15(16-6-4-3-5-7-16)12-21-19(24)17-8-10-18(11-9-17)23-14-20-13-22-23/h3-11,13-15H,2,12H2,1H3,(H,21,24)/t15-/m0/s1. The predicted molar refractivity (Wildman–Crippen MR) is 93.2 cm³/mol. The molecule has 1 amide bonds. The molecule has 0 spiro atoms. The lowest BCUT2D eigenvalue weighted by molar-refractivity contribution is 0.0951. The summed E-state index contributed by atoms with van der Waals surface area (Å²) >= 11 is 0. The molecule has 3 rings (SSSR count). The predicted octanol–water partition coefficient (Wildman–Crippen LogP) is 3.19. The molecule has 0 unspecified atom stereocenters. The number of nitrogens with one attached hydrogen (secondary N) is 1. The van der Waals surface area contributed by atoms with Gasteiger partial charge in [-0.25, -0.2) is 9.67 Å². The highest BCUT2D eigenvalue weighted by atomic mass is 16.1. The van der Waals surface area contributed by atoms with Gasteiger partial charge in [0.25, 0.3) is 5.91 Å². The van der Waals surface area contributed by atoms with Crippen LogP contribution in [0.3, 0.4) is 0 Å². The van der Waals surface area contributed by atoms with Crippen LogP contribution in [0.1, 0.15) is 35.2 Å². The smallest absolute Gasteiger partial charge is 0.251 e. The van der Waals surface area contributed by atoms with Gasteiger partial charge in [-0.2, -0.15) is 5.10 Å². The van der Waals surface area contributed by atoms with Gasteiger partial charge in [-0.1, -0.05) is 37.3 Å². The molecule has 1 N–H and O–H groups in total. The van der Waals surface area contributed by atoms with Gasteiger partial charge in [-0.05, 0) is 36.2 Å². The molecule has 0 saturated heterocycles. The first kappa shape index (κ1) is 15.9. The summed E-state index contributed by atoms with van der Waals surface area (Å²) in [6.07, 6.45) is 4.09. The molecule has 5 heteroatoms. The molecule has 0 aliphatic rings. The highest BCUT2D eigenvalue weighted by Gasteiger charge is 2.12. The van der Waals surface area contributed by atoms with Crippen molar-refractivity contribution in [2.24, 2.45) is 0 Å². The number of benzene rings is 2. The zero-order valence-corrected chi connectivity index (χ0v) is 13.6. The molecule has 0 radical (unpaired) electrons. The van der Waals surface area contributed by atoms with Crippen molar-refractivity contribution in [3.05, 3.63) is 78.4 Å². The highest BCUT2D eigenvalue weighted by molar-refractivity contribution is 5.94. The summed E-state index contributed by atoms with van der Waals surface area (Å²) in [4.78, 5) is 16.3. The van der Waals surface area contributed by atoms with Crippen molar-refractivity contribution in [2.75, 3.05) is 6.54 Å². The fourth-order valence-corrected chi connectivity index (χ4v) is 2.65. The molecule has 0 aliphatic heterocycles. The Labute approximate surface area is 141 Å². The van der Waals surface area contributed by atoms with Gasteiger partial charge in [0.2, 0.25) is 0 Å². The van der Waals surface area contributed by atoms with E-state index in [1.165, 1.54) is 11.9 Å². The van der Waals surface area contributed by atoms with Crippen molar-refractivity contribution in [3.8, 4) is 5.69 Å². The zero-order valence-electron chi connectivity index (χ0n) is 13.6. The molecule has 1 atom stereocenters. The Bertz CT molecular complexity index is 767. The van der Waals surface area contributed by atoms with E-state index < -0.39 is 0 Å². The van der Waals surface area contributed by atoms with E-state index in [1.54, 1.807) is 23.1 Å². The maximum Gasteiger partial charge on any atom is 0.251 e. The number of hydrogen-bond donors (Lipinski definition) is 1. The first-order valence-electron chi connectivity index (χ1n) is 8.06. The van der Waals surface area contributed by atoms with Crippen LogP contribution in [0, 0.1) is 0 Å². The van der Waals surface area contributed by atoms with Crippen LogP contribution in [-0.2, 0) is 0 Å². The van der Waals surface area contributed by atoms with Gasteiger partial charge >= 0.3 is 0 Å². The molecular formula is C19H20N4O. The fourth-order valence-electron chi connectivity index (χ4n) is 2.65. The van der Waals surface area contributed by atoms with Crippen LogP contribution in [-0.4, -0.2) is 27.2 Å². The van der Waals surface area contributed by atoms with Crippen molar-refractivity contribution in [1.82, 2.24) is 20.1 Å². The van der Waals surface area contributed by atoms with E-state index in [-0.39, 0.29) is 5.91 Å². The first-order chi connectivity index (χ1) is 11.8. The Kier molecular flexibility index (Phi) is 5.01. The minimum absolute atomic E-state index is 0.0606. The second-order valence-corrected chi connectivity index (χ2v) is 5.61. The van der Waals surface area contributed by atoms with Gasteiger partial charge in [-0.3, -0.25) is 4.79 Å². The fraction of sp³-hybridized carbons (Fsp3) is 0.211. The molecule has 24 heavy (non-hydrogen) atoms. The number of hydrogen-bond acceptors (Lipinski definition) is 3. The molecular weight excluding hydrogens is 300 g/mol. The second-order valence-electron chi connectivity index (χ2n) is 5.61. The largest absolute Gasteiger partial charge is 0.351 e. The Morgan fingerprint density at radius 1 is 1.12 bits per heavy atom. The summed E-state index contributed by atoms with van der Waals surface area (Å²) in [5.41, 5.74) is 2.77. The van der Waals surface area contributed by atoms with Crippen LogP contribution in [0.2, 0.25) is 0 Å². The van der Waals surface area contributed by atoms with E-state index >= 15 is 0 Å². The van der Waals surface area contributed by atoms with Crippen LogP contribution >= 0.6 is 0 Å². The SMILES string of the molecule is CC[C@@H](CNC(=O)c1ccc(-n2cncn2)cc1)c1ccccc1. The summed E-state index contributed by atoms with van der Waals surface area (Å²) in [5, 5.41) is 7.10. The third kappa shape index (κ3) is 3.68. The molecule has 2 aromatic carbocycles. The molecule has 0 saturated carbocycles. The van der Waals surface area contributed by atoms with Crippen molar-refractivity contribution in [1.29, 1.82) is 0 Å². The van der Waals surface area contributed by atoms with Crippen LogP contribution in [0.25, 0.3) is 5.69 Å². The quantitative estimate of drug-likeness (QED) is 0.759. The molecule has 0 aliphatic carbocycles. The Balaban J connectivity index is 1.62. The second kappa shape index (κ2) is 7.55. The number of amides is 1. The van der Waals surface area contributed by atoms with Crippen LogP contribution in [0.15, 0.2) is 67.3 Å². The van der Waals surface area contributed by atoms with E-state index in [0.29, 0.717) is 18.0 Å². The lowest BCUT2D eigenvalue weighted by atomic mass is 9.96. The van der Waals surface area contributed by atoms with Crippen LogP contribution in [0.5, 0.6) is 0 Å². The third-order valence-electron chi connectivity index (χ3n) is 4.09. The van der Waals surface area contributed by atoms with Gasteiger partial charge in [0, 0.05) is 18.0 Å². The Hall–Kier alpha value is -2.95. The third-order valence-corrected chi connectivity index (χ3v) is 4.09. The maximum absolute atomic E-state index is 12.3. The summed E-state index contributed by atoms with van der Waals surface area (Å²) in [5.74, 6) is 0.263. The molecule has 122 valence electrons. The summed E-state index contributed by atoms with van der Waals surface area (Å²) in [6.45, 7) is 2.76. The van der Waals surface area contributed by atoms with Gasteiger partial charge in [0.15, 0.2) is 0 Å². The van der Waals surface area contributed by atoms with Crippen molar-refractivity contribution in [2.45, 2.75) is 19.3 Å². The number of aromatic nitrogens is 3. The van der Waals surface area contributed by atoms with E-state index in [9.17, 15) is 4.79 Å². The highest BCUT2D eigenvalue weighted by Crippen LogP contribution is 2.18. The molecule has 5 nitrogen and oxygen atoms in total. The molecule has 1 heterocycles. The van der Waals surface area contributed by atoms with Gasteiger partial charge in [-0.15, -0.1) is 0 Å². The number of rotatable bonds is 6. The maximum atomic E-state index is 12.3. The number of nitrogens with zero attached hydrogens (tertiary/aromatic N) is 3. The average Bonchev–Trinajstić information content (AvgIpc) is 3.18. The monoisotopic (exact) mass is 320 g/mol. The molecule has 1 aromatic heterocycles. The summed E-state index contributed by atoms with van der Waals surface area (Å²) in [6, 6.07) is 17.6. The Morgan fingerprint density at radius 2 is 1.88 bits per heavy atom. The zero-order chi connectivity index (χ0) is 16.8. The molecule has 3 aromatic rings. The number of carbonyl (C=O) groups excluding carboxylic acids is 1. The van der Waals surface area contributed by atoms with E-state index in [1.807, 2.05) is 30.3 Å². The van der Waals surface area contributed by atoms with E-state index in [0.717, 1.165) is 12.1 Å². The van der Waals surface area contributed by atoms with Crippen LogP contribution in [0.4, 0.5) is 0 Å². The van der Waals surface area contributed by atoms with Crippen molar-refractivity contribution >= 4 is 5.91 Å². The van der Waals surface area contributed by atoms with Crippen molar-refractivity contribution < 1.29 is 4.79 Å². The number of carbonyl (C=O) groups is 1. The Morgan fingerprint density at radius 3 is 2.50 bits per heavy atom. The van der Waals surface area contributed by atoms with Crippen LogP contribution < -0.4 is 5.32 Å². The average molecular weight is 320 g/mol. The summed E-state index contributed by atoms with van der Waals surface area (Å²) < 4.78 is 1.66. The van der Waals surface area contributed by atoms with E-state index in [4.69, 9.17) is 0 Å². The first-order valence-corrected chi connectivity index (χ1v) is 8.06. The minimum Gasteiger partial charge on any atom is -0.351 e. The minimum atomic E-state index is -0.0606. The van der Waals surface area contributed by atoms with Gasteiger partial charge in [0.05, 0.1) is 5.69 Å². The normalized spacial score (nSPS) is 11.9. The lowest BCUT2D eigenvalue weighted by Gasteiger charge is -2.16. The summed E-state index contributed by atoms with van der Waals surface area (Å²) in [7, 11) is 0.